The maximum absolute atomic E-state index is 13.5. The molecule has 4 aromatic carbocycles. The molecule has 42 heavy (non-hydrogen) atoms. The molecule has 1 aliphatic rings. The van der Waals surface area contributed by atoms with Crippen LogP contribution in [0.5, 0.6) is 17.2 Å². The number of imide groups is 2. The lowest BCUT2D eigenvalue weighted by Crippen LogP contribution is -2.54. The number of carbonyl (C=O) groups excluding carboxylic acids is 3. The molecule has 1 saturated heterocycles. The number of ether oxygens (including phenoxy) is 3. The van der Waals surface area contributed by atoms with Crippen molar-refractivity contribution < 1.29 is 28.6 Å². The molecule has 0 aliphatic carbocycles. The summed E-state index contributed by atoms with van der Waals surface area (Å²) in [6.45, 7) is 0.448. The molecule has 1 aliphatic heterocycles. The van der Waals surface area contributed by atoms with Gasteiger partial charge in [-0.2, -0.15) is 0 Å². The summed E-state index contributed by atoms with van der Waals surface area (Å²) in [4.78, 5) is 39.9. The first kappa shape index (κ1) is 28.7. The van der Waals surface area contributed by atoms with E-state index in [1.165, 1.54) is 13.2 Å². The zero-order valence-electron chi connectivity index (χ0n) is 22.3. The Labute approximate surface area is 252 Å². The third-order valence-corrected chi connectivity index (χ3v) is 6.95. The van der Waals surface area contributed by atoms with Gasteiger partial charge in [0.05, 0.1) is 12.8 Å². The summed E-state index contributed by atoms with van der Waals surface area (Å²) in [5, 5.41) is 3.15. The second-order valence-electron chi connectivity index (χ2n) is 9.15. The lowest BCUT2D eigenvalue weighted by Gasteiger charge is -2.26. The van der Waals surface area contributed by atoms with Crippen molar-refractivity contribution in [2.45, 2.75) is 13.2 Å². The molecule has 0 unspecified atom stereocenters. The summed E-state index contributed by atoms with van der Waals surface area (Å²) in [6.07, 6.45) is 1.37. The van der Waals surface area contributed by atoms with Crippen LogP contribution in [0.15, 0.2) is 96.6 Å². The fourth-order valence-electron chi connectivity index (χ4n) is 4.16. The number of hydrogen-bond donors (Lipinski definition) is 1. The number of barbiturate groups is 1. The molecule has 0 atom stereocenters. The van der Waals surface area contributed by atoms with Gasteiger partial charge in [0.1, 0.15) is 36.0 Å². The molecule has 10 heteroatoms. The molecule has 4 aromatic rings. The van der Waals surface area contributed by atoms with E-state index in [0.29, 0.717) is 45.0 Å². The van der Waals surface area contributed by atoms with Gasteiger partial charge in [0.15, 0.2) is 0 Å². The Kier molecular flexibility index (Phi) is 8.76. The summed E-state index contributed by atoms with van der Waals surface area (Å²) < 4.78 is 17.1. The molecule has 1 fully saturated rings. The first-order valence-electron chi connectivity index (χ1n) is 12.8. The first-order chi connectivity index (χ1) is 20.3. The van der Waals surface area contributed by atoms with Crippen LogP contribution in [0.4, 0.5) is 10.5 Å². The van der Waals surface area contributed by atoms with Gasteiger partial charge in [0.25, 0.3) is 11.8 Å². The molecule has 1 N–H and O–H groups in total. The summed E-state index contributed by atoms with van der Waals surface area (Å²) in [5.74, 6) is -0.229. The number of rotatable bonds is 9. The van der Waals surface area contributed by atoms with Crippen LogP contribution in [-0.4, -0.2) is 25.0 Å². The minimum atomic E-state index is -0.858. The van der Waals surface area contributed by atoms with Crippen molar-refractivity contribution in [2.24, 2.45) is 0 Å². The minimum absolute atomic E-state index is 0.0861. The van der Waals surface area contributed by atoms with Crippen LogP contribution >= 0.6 is 23.2 Å². The summed E-state index contributed by atoms with van der Waals surface area (Å²) >= 11 is 12.3. The van der Waals surface area contributed by atoms with Crippen molar-refractivity contribution in [3.8, 4) is 17.2 Å². The zero-order chi connectivity index (χ0) is 29.6. The summed E-state index contributed by atoms with van der Waals surface area (Å²) in [5.41, 5.74) is 2.11. The van der Waals surface area contributed by atoms with Crippen LogP contribution in [-0.2, 0) is 22.8 Å². The third-order valence-electron chi connectivity index (χ3n) is 6.36. The van der Waals surface area contributed by atoms with E-state index >= 15 is 0 Å². The highest BCUT2D eigenvalue weighted by molar-refractivity contribution is 6.39. The SMILES string of the molecule is COc1ccc(/C=C2\C(=O)NC(=O)N(c3ccc(OCc4ccccc4)cc3)C2=O)c(OCc2ccc(Cl)cc2Cl)c1. The predicted octanol–water partition coefficient (Wildman–Crippen LogP) is 6.83. The number of nitrogens with zero attached hydrogens (tertiary/aromatic N) is 1. The lowest BCUT2D eigenvalue weighted by molar-refractivity contribution is -0.122. The molecule has 0 aromatic heterocycles. The van der Waals surface area contributed by atoms with Crippen molar-refractivity contribution in [1.29, 1.82) is 0 Å². The van der Waals surface area contributed by atoms with E-state index in [-0.39, 0.29) is 17.9 Å². The van der Waals surface area contributed by atoms with Crippen LogP contribution in [0.25, 0.3) is 6.08 Å². The Bertz CT molecular complexity index is 1670. The van der Waals surface area contributed by atoms with E-state index in [4.69, 9.17) is 37.4 Å². The number of halogens is 2. The Hall–Kier alpha value is -4.79. The van der Waals surface area contributed by atoms with Crippen molar-refractivity contribution in [3.05, 3.63) is 123 Å². The molecular formula is C32H24Cl2N2O6. The van der Waals surface area contributed by atoms with Crippen molar-refractivity contribution >= 4 is 52.8 Å². The molecule has 5 rings (SSSR count). The molecule has 0 bridgehead atoms. The van der Waals surface area contributed by atoms with Crippen LogP contribution < -0.4 is 24.4 Å². The number of amides is 4. The van der Waals surface area contributed by atoms with Crippen LogP contribution in [0.1, 0.15) is 16.7 Å². The second kappa shape index (κ2) is 12.8. The smallest absolute Gasteiger partial charge is 0.335 e. The Morgan fingerprint density at radius 3 is 2.26 bits per heavy atom. The van der Waals surface area contributed by atoms with E-state index in [1.807, 2.05) is 30.3 Å². The van der Waals surface area contributed by atoms with Gasteiger partial charge in [-0.25, -0.2) is 9.69 Å². The van der Waals surface area contributed by atoms with E-state index in [0.717, 1.165) is 10.5 Å². The monoisotopic (exact) mass is 602 g/mol. The van der Waals surface area contributed by atoms with E-state index in [2.05, 4.69) is 5.32 Å². The Morgan fingerprint density at radius 2 is 1.55 bits per heavy atom. The fourth-order valence-corrected chi connectivity index (χ4v) is 4.62. The largest absolute Gasteiger partial charge is 0.497 e. The number of anilines is 1. The molecule has 0 saturated carbocycles. The number of methoxy groups -OCH3 is 1. The van der Waals surface area contributed by atoms with Crippen LogP contribution in [0.2, 0.25) is 10.0 Å². The Balaban J connectivity index is 1.38. The summed E-state index contributed by atoms with van der Waals surface area (Å²) in [7, 11) is 1.51. The highest BCUT2D eigenvalue weighted by atomic mass is 35.5. The predicted molar refractivity (Wildman–Crippen MR) is 160 cm³/mol. The molecule has 1 heterocycles. The highest BCUT2D eigenvalue weighted by Gasteiger charge is 2.37. The van der Waals surface area contributed by atoms with Gasteiger partial charge in [-0.1, -0.05) is 59.6 Å². The molecule has 0 radical (unpaired) electrons. The fraction of sp³-hybridized carbons (Fsp3) is 0.0938. The number of carbonyl (C=O) groups is 3. The van der Waals surface area contributed by atoms with Gasteiger partial charge in [-0.15, -0.1) is 0 Å². The van der Waals surface area contributed by atoms with Crippen molar-refractivity contribution in [3.63, 3.8) is 0 Å². The number of benzene rings is 4. The topological polar surface area (TPSA) is 94.2 Å². The van der Waals surface area contributed by atoms with Crippen molar-refractivity contribution in [2.75, 3.05) is 12.0 Å². The average Bonchev–Trinajstić information content (AvgIpc) is 2.99. The van der Waals surface area contributed by atoms with E-state index in [1.54, 1.807) is 60.7 Å². The molecule has 8 nitrogen and oxygen atoms in total. The molecule has 4 amide bonds. The van der Waals surface area contributed by atoms with Crippen molar-refractivity contribution in [1.82, 2.24) is 5.32 Å². The molecule has 212 valence electrons. The molecule has 0 spiro atoms. The maximum Gasteiger partial charge on any atom is 0.335 e. The average molecular weight is 603 g/mol. The normalized spacial score (nSPS) is 14.1. The van der Waals surface area contributed by atoms with Crippen LogP contribution in [0, 0.1) is 0 Å². The van der Waals surface area contributed by atoms with Gasteiger partial charge in [-0.05, 0) is 60.2 Å². The number of hydrogen-bond acceptors (Lipinski definition) is 6. The quantitative estimate of drug-likeness (QED) is 0.167. The molecular weight excluding hydrogens is 579 g/mol. The second-order valence-corrected chi connectivity index (χ2v) is 10.00. The van der Waals surface area contributed by atoms with E-state index in [9.17, 15) is 14.4 Å². The van der Waals surface area contributed by atoms with Gasteiger partial charge < -0.3 is 14.2 Å². The lowest BCUT2D eigenvalue weighted by atomic mass is 10.1. The standard InChI is InChI=1S/C32H24Cl2N2O6/c1-40-26-12-8-21(29(17-26)42-19-22-7-9-23(33)16-28(22)34)15-27-30(37)35-32(39)36(31(27)38)24-10-13-25(14-11-24)41-18-20-5-3-2-4-6-20/h2-17H,18-19H2,1H3,(H,35,37,39)/b27-15+. The minimum Gasteiger partial charge on any atom is -0.497 e. The summed E-state index contributed by atoms with van der Waals surface area (Å²) in [6, 6.07) is 25.2. The van der Waals surface area contributed by atoms with Crippen LogP contribution in [0.3, 0.4) is 0 Å². The third kappa shape index (κ3) is 6.57. The highest BCUT2D eigenvalue weighted by Crippen LogP contribution is 2.31. The Morgan fingerprint density at radius 1 is 0.810 bits per heavy atom. The van der Waals surface area contributed by atoms with Gasteiger partial charge >= 0.3 is 6.03 Å². The van der Waals surface area contributed by atoms with Gasteiger partial charge in [0, 0.05) is 27.2 Å². The van der Waals surface area contributed by atoms with Gasteiger partial charge in [0.2, 0.25) is 0 Å². The van der Waals surface area contributed by atoms with E-state index < -0.39 is 17.8 Å². The number of urea groups is 1. The van der Waals surface area contributed by atoms with Gasteiger partial charge in [-0.3, -0.25) is 14.9 Å². The first-order valence-corrected chi connectivity index (χ1v) is 13.5. The maximum atomic E-state index is 13.5. The number of nitrogens with one attached hydrogen (secondary N) is 1. The zero-order valence-corrected chi connectivity index (χ0v) is 23.8.